The molecule has 4 atom stereocenters. The molecule has 0 heterocycles. The predicted octanol–water partition coefficient (Wildman–Crippen LogP) is 0.284. The minimum atomic E-state index is -3.74. The molecule has 4 N–H and O–H groups in total. The van der Waals surface area contributed by atoms with Crippen LogP contribution in [-0.2, 0) is 20.0 Å². The molecule has 0 aromatic rings. The van der Waals surface area contributed by atoms with E-state index in [1.54, 1.807) is 20.8 Å². The standard InChI is InChI=1S/C15H34N2O6S3/c1-10(2)13(8-18)16-26(22,23)15(24)7-6-12(5)14(9-19)17-25(20,21)11(3)4/h10-19,24H,6-9H2,1-5H3/t12?,13-,14+,15?/m1/s1. The van der Waals surface area contributed by atoms with Crippen molar-refractivity contribution in [1.82, 2.24) is 9.44 Å². The Balaban J connectivity index is 4.84. The highest BCUT2D eigenvalue weighted by Gasteiger charge is 2.29. The van der Waals surface area contributed by atoms with Crippen LogP contribution >= 0.6 is 12.6 Å². The van der Waals surface area contributed by atoms with Gasteiger partial charge in [-0.15, -0.1) is 0 Å². The van der Waals surface area contributed by atoms with Gasteiger partial charge in [-0.3, -0.25) is 0 Å². The third kappa shape index (κ3) is 8.41. The van der Waals surface area contributed by atoms with Crippen molar-refractivity contribution in [3.63, 3.8) is 0 Å². The quantitative estimate of drug-likeness (QED) is 0.265. The lowest BCUT2D eigenvalue weighted by Crippen LogP contribution is -2.46. The lowest BCUT2D eigenvalue weighted by Gasteiger charge is -2.26. The molecule has 0 aliphatic carbocycles. The minimum Gasteiger partial charge on any atom is -0.395 e. The van der Waals surface area contributed by atoms with Gasteiger partial charge in [0.1, 0.15) is 4.58 Å². The van der Waals surface area contributed by atoms with Gasteiger partial charge in [-0.2, -0.15) is 12.6 Å². The SMILES string of the molecule is CC(CCC(S)S(=O)(=O)N[C@H](CO)C(C)C)[C@H](CO)NS(=O)(=O)C(C)C. The van der Waals surface area contributed by atoms with E-state index in [1.165, 1.54) is 13.8 Å². The molecule has 0 saturated carbocycles. The van der Waals surface area contributed by atoms with Gasteiger partial charge in [0.25, 0.3) is 0 Å². The molecule has 0 aliphatic heterocycles. The van der Waals surface area contributed by atoms with Gasteiger partial charge < -0.3 is 10.2 Å². The Morgan fingerprint density at radius 3 is 1.65 bits per heavy atom. The van der Waals surface area contributed by atoms with Crippen molar-refractivity contribution >= 4 is 32.7 Å². The van der Waals surface area contributed by atoms with E-state index in [1.807, 2.05) is 0 Å². The second-order valence-corrected chi connectivity index (χ2v) is 12.3. The molecule has 158 valence electrons. The monoisotopic (exact) mass is 434 g/mol. The molecule has 26 heavy (non-hydrogen) atoms. The molecule has 0 amide bonds. The summed E-state index contributed by atoms with van der Waals surface area (Å²) < 4.78 is 52.4. The first kappa shape index (κ1) is 26.1. The van der Waals surface area contributed by atoms with Crippen LogP contribution in [-0.4, -0.2) is 62.2 Å². The molecule has 8 nitrogen and oxygen atoms in total. The molecule has 0 aromatic heterocycles. The van der Waals surface area contributed by atoms with Gasteiger partial charge in [0.15, 0.2) is 0 Å². The van der Waals surface area contributed by atoms with Gasteiger partial charge in [0.2, 0.25) is 20.0 Å². The van der Waals surface area contributed by atoms with Crippen molar-refractivity contribution in [1.29, 1.82) is 0 Å². The minimum absolute atomic E-state index is 0.0709. The van der Waals surface area contributed by atoms with Crippen LogP contribution in [0, 0.1) is 11.8 Å². The molecule has 2 unspecified atom stereocenters. The number of aliphatic hydroxyl groups is 2. The number of thiol groups is 1. The van der Waals surface area contributed by atoms with Gasteiger partial charge in [-0.25, -0.2) is 26.3 Å². The molecule has 0 radical (unpaired) electrons. The van der Waals surface area contributed by atoms with Gasteiger partial charge in [-0.1, -0.05) is 20.8 Å². The predicted molar refractivity (Wildman–Crippen MR) is 107 cm³/mol. The molecule has 11 heteroatoms. The maximum Gasteiger partial charge on any atom is 0.223 e. The first-order chi connectivity index (χ1) is 11.8. The Morgan fingerprint density at radius 1 is 0.808 bits per heavy atom. The Labute approximate surface area is 163 Å². The van der Waals surface area contributed by atoms with Crippen LogP contribution in [0.5, 0.6) is 0 Å². The number of rotatable bonds is 13. The second kappa shape index (κ2) is 11.2. The normalized spacial score (nSPS) is 18.1. The molecule has 0 saturated heterocycles. The summed E-state index contributed by atoms with van der Waals surface area (Å²) in [5, 5.41) is 18.1. The van der Waals surface area contributed by atoms with Gasteiger partial charge in [0, 0.05) is 12.1 Å². The van der Waals surface area contributed by atoms with Crippen LogP contribution in [0.4, 0.5) is 0 Å². The number of aliphatic hydroxyl groups excluding tert-OH is 2. The molecule has 0 aromatic carbocycles. The van der Waals surface area contributed by atoms with E-state index < -0.39 is 42.0 Å². The summed E-state index contributed by atoms with van der Waals surface area (Å²) in [7, 11) is -7.28. The van der Waals surface area contributed by atoms with Gasteiger partial charge >= 0.3 is 0 Å². The molecule has 0 fully saturated rings. The lowest BCUT2D eigenvalue weighted by molar-refractivity contribution is 0.215. The number of nitrogens with one attached hydrogen (secondary N) is 2. The summed E-state index contributed by atoms with van der Waals surface area (Å²) >= 11 is 4.15. The number of hydrogen-bond donors (Lipinski definition) is 5. The van der Waals surface area contributed by atoms with Crippen LogP contribution in [0.3, 0.4) is 0 Å². The highest BCUT2D eigenvalue weighted by molar-refractivity contribution is 8.03. The first-order valence-electron chi connectivity index (χ1n) is 8.70. The molecule has 0 spiro atoms. The van der Waals surface area contributed by atoms with Crippen molar-refractivity contribution in [2.75, 3.05) is 13.2 Å². The summed E-state index contributed by atoms with van der Waals surface area (Å²) in [5.41, 5.74) is 0. The molecular formula is C15H34N2O6S3. The van der Waals surface area contributed by atoms with E-state index in [9.17, 15) is 27.0 Å². The van der Waals surface area contributed by atoms with E-state index in [4.69, 9.17) is 0 Å². The number of sulfonamides is 2. The average molecular weight is 435 g/mol. The summed E-state index contributed by atoms with van der Waals surface area (Å²) in [5.74, 6) is -0.351. The number of hydrogen-bond acceptors (Lipinski definition) is 7. The lowest BCUT2D eigenvalue weighted by atomic mass is 9.98. The fourth-order valence-electron chi connectivity index (χ4n) is 2.12. The Morgan fingerprint density at radius 2 is 1.27 bits per heavy atom. The Hall–Kier alpha value is 0.0900. The van der Waals surface area contributed by atoms with Crippen LogP contribution in [0.2, 0.25) is 0 Å². The third-order valence-electron chi connectivity index (χ3n) is 4.36. The largest absolute Gasteiger partial charge is 0.395 e. The van der Waals surface area contributed by atoms with Gasteiger partial charge in [-0.05, 0) is 38.5 Å². The zero-order valence-electron chi connectivity index (χ0n) is 16.1. The Bertz CT molecular complexity index is 607. The fraction of sp³-hybridized carbons (Fsp3) is 1.00. The van der Waals surface area contributed by atoms with E-state index >= 15 is 0 Å². The summed E-state index contributed by atoms with van der Waals surface area (Å²) in [6, 6.07) is -1.28. The van der Waals surface area contributed by atoms with Crippen molar-refractivity contribution in [2.45, 2.75) is 69.4 Å². The second-order valence-electron chi connectivity index (χ2n) is 7.21. The molecule has 0 rings (SSSR count). The van der Waals surface area contributed by atoms with Gasteiger partial charge in [0.05, 0.1) is 18.5 Å². The van der Waals surface area contributed by atoms with Crippen LogP contribution in [0.1, 0.15) is 47.5 Å². The van der Waals surface area contributed by atoms with Crippen LogP contribution in [0.25, 0.3) is 0 Å². The van der Waals surface area contributed by atoms with Crippen molar-refractivity contribution in [2.24, 2.45) is 11.8 Å². The van der Waals surface area contributed by atoms with Crippen molar-refractivity contribution < 1.29 is 27.0 Å². The smallest absolute Gasteiger partial charge is 0.223 e. The fourth-order valence-corrected chi connectivity index (χ4v) is 4.82. The third-order valence-corrected chi connectivity index (χ3v) is 8.91. The molecule has 0 aliphatic rings. The van der Waals surface area contributed by atoms with E-state index in [2.05, 4.69) is 22.1 Å². The highest BCUT2D eigenvalue weighted by atomic mass is 32.3. The van der Waals surface area contributed by atoms with Crippen molar-refractivity contribution in [3.05, 3.63) is 0 Å². The van der Waals surface area contributed by atoms with Crippen LogP contribution in [0.15, 0.2) is 0 Å². The topological polar surface area (TPSA) is 133 Å². The Kier molecular flexibility index (Phi) is 11.2. The van der Waals surface area contributed by atoms with E-state index in [-0.39, 0.29) is 31.5 Å². The maximum absolute atomic E-state index is 12.3. The van der Waals surface area contributed by atoms with E-state index in [0.717, 1.165) is 0 Å². The average Bonchev–Trinajstić information content (AvgIpc) is 2.54. The summed E-state index contributed by atoms with van der Waals surface area (Å²) in [4.78, 5) is 0. The maximum atomic E-state index is 12.3. The highest BCUT2D eigenvalue weighted by Crippen LogP contribution is 2.20. The summed E-state index contributed by atoms with van der Waals surface area (Å²) in [6.45, 7) is 7.73. The van der Waals surface area contributed by atoms with E-state index in [0.29, 0.717) is 6.42 Å². The zero-order chi connectivity index (χ0) is 20.7. The zero-order valence-corrected chi connectivity index (χ0v) is 18.6. The first-order valence-corrected chi connectivity index (χ1v) is 12.3. The van der Waals surface area contributed by atoms with Crippen LogP contribution < -0.4 is 9.44 Å². The molecular weight excluding hydrogens is 400 g/mol. The van der Waals surface area contributed by atoms with Crippen molar-refractivity contribution in [3.8, 4) is 0 Å². The molecule has 0 bridgehead atoms. The summed E-state index contributed by atoms with van der Waals surface area (Å²) in [6.07, 6.45) is 0.530.